The number of sulfonamides is 1. The Morgan fingerprint density at radius 1 is 0.936 bits per heavy atom. The predicted molar refractivity (Wildman–Crippen MR) is 157 cm³/mol. The number of carbonyl (C=O) groups is 1. The third-order valence-corrected chi connectivity index (χ3v) is 7.97. The number of hydrogen-bond acceptors (Lipinski definition) is 8. The van der Waals surface area contributed by atoms with Crippen molar-refractivity contribution in [3.8, 4) is 28.6 Å². The van der Waals surface area contributed by atoms with Gasteiger partial charge in [-0.25, -0.2) is 8.42 Å². The Bertz CT molecular complexity index is 2070. The number of phenols is 1. The molecule has 1 amide bonds. The quantitative estimate of drug-likeness (QED) is 0.156. The van der Waals surface area contributed by atoms with Crippen LogP contribution in [0, 0.1) is 6.92 Å². The first-order chi connectivity index (χ1) is 22.0. The number of ether oxygens (including phenoxy) is 2. The van der Waals surface area contributed by atoms with E-state index in [1.165, 1.54) is 49.6 Å². The SMILES string of the molecule is Cc1cc(CS(=O)(=O)NC(=O)Cc2ccccn2)ccc1-c1[nH]c(OCC(F)(F)F)c2c1c(O)c(OCC(F)(F)F)c1cccnc12. The average molecular weight is 683 g/mol. The summed E-state index contributed by atoms with van der Waals surface area (Å²) >= 11 is 0. The number of pyridine rings is 2. The van der Waals surface area contributed by atoms with E-state index in [2.05, 4.69) is 15.0 Å². The van der Waals surface area contributed by atoms with Crippen LogP contribution in [-0.2, 0) is 27.0 Å². The number of benzene rings is 2. The normalized spacial score (nSPS) is 12.4. The zero-order valence-corrected chi connectivity index (χ0v) is 25.0. The highest BCUT2D eigenvalue weighted by Crippen LogP contribution is 2.50. The molecule has 0 saturated heterocycles. The Morgan fingerprint density at radius 3 is 2.30 bits per heavy atom. The topological polar surface area (TPSA) is 144 Å². The molecule has 248 valence electrons. The lowest BCUT2D eigenvalue weighted by molar-refractivity contribution is -0.154. The molecule has 17 heteroatoms. The molecule has 3 aromatic heterocycles. The van der Waals surface area contributed by atoms with Crippen molar-refractivity contribution in [1.29, 1.82) is 0 Å². The van der Waals surface area contributed by atoms with Gasteiger partial charge in [0, 0.05) is 29.0 Å². The van der Waals surface area contributed by atoms with Gasteiger partial charge in [0.2, 0.25) is 21.8 Å². The van der Waals surface area contributed by atoms with Gasteiger partial charge >= 0.3 is 12.4 Å². The Balaban J connectivity index is 1.56. The number of amides is 1. The van der Waals surface area contributed by atoms with Crippen molar-refractivity contribution in [3.63, 3.8) is 0 Å². The monoisotopic (exact) mass is 682 g/mol. The van der Waals surface area contributed by atoms with Crippen LogP contribution in [0.15, 0.2) is 60.9 Å². The van der Waals surface area contributed by atoms with Gasteiger partial charge in [-0.05, 0) is 42.3 Å². The number of alkyl halides is 6. The number of phenolic OH excluding ortho intramolecular Hbond substituents is 1. The third kappa shape index (κ3) is 7.85. The maximum absolute atomic E-state index is 13.2. The Kier molecular flexibility index (Phi) is 8.94. The molecule has 0 spiro atoms. The van der Waals surface area contributed by atoms with Gasteiger partial charge < -0.3 is 19.6 Å². The van der Waals surface area contributed by atoms with Crippen LogP contribution < -0.4 is 14.2 Å². The summed E-state index contributed by atoms with van der Waals surface area (Å²) in [7, 11) is -4.17. The number of H-pyrrole nitrogens is 1. The van der Waals surface area contributed by atoms with E-state index < -0.39 is 64.6 Å². The lowest BCUT2D eigenvalue weighted by atomic mass is 9.98. The van der Waals surface area contributed by atoms with Crippen molar-refractivity contribution in [2.24, 2.45) is 0 Å². The largest absolute Gasteiger partial charge is 0.504 e. The Morgan fingerprint density at radius 2 is 1.64 bits per heavy atom. The highest BCUT2D eigenvalue weighted by atomic mass is 32.2. The van der Waals surface area contributed by atoms with E-state index >= 15 is 0 Å². The summed E-state index contributed by atoms with van der Waals surface area (Å²) in [6.07, 6.45) is -7.13. The second-order valence-electron chi connectivity index (χ2n) is 10.4. The summed E-state index contributed by atoms with van der Waals surface area (Å²) in [5, 5.41) is 10.8. The molecule has 3 N–H and O–H groups in total. The van der Waals surface area contributed by atoms with E-state index in [0.717, 1.165) is 0 Å². The van der Waals surface area contributed by atoms with Crippen LogP contribution in [0.1, 0.15) is 16.8 Å². The van der Waals surface area contributed by atoms with Gasteiger partial charge in [-0.15, -0.1) is 0 Å². The maximum Gasteiger partial charge on any atom is 0.422 e. The lowest BCUT2D eigenvalue weighted by Crippen LogP contribution is -2.33. The summed E-state index contributed by atoms with van der Waals surface area (Å²) in [4.78, 5) is 23.1. The number of carbonyl (C=O) groups excluding carboxylic acids is 1. The molecule has 0 bridgehead atoms. The van der Waals surface area contributed by atoms with Crippen LogP contribution in [0.3, 0.4) is 0 Å². The van der Waals surface area contributed by atoms with Crippen LogP contribution in [0.5, 0.6) is 17.4 Å². The number of aryl methyl sites for hydroxylation is 1. The molecule has 3 heterocycles. The molecule has 0 aliphatic heterocycles. The lowest BCUT2D eigenvalue weighted by Gasteiger charge is -2.15. The van der Waals surface area contributed by atoms with Crippen molar-refractivity contribution in [2.75, 3.05) is 13.2 Å². The molecule has 10 nitrogen and oxygen atoms in total. The van der Waals surface area contributed by atoms with Crippen LogP contribution >= 0.6 is 0 Å². The fraction of sp³-hybridized carbons (Fsp3) is 0.233. The van der Waals surface area contributed by atoms with Crippen molar-refractivity contribution < 1.29 is 54.1 Å². The van der Waals surface area contributed by atoms with E-state index in [1.54, 1.807) is 18.2 Å². The molecule has 0 unspecified atom stereocenters. The maximum atomic E-state index is 13.2. The van der Waals surface area contributed by atoms with Crippen LogP contribution in [-0.4, -0.2) is 59.9 Å². The molecule has 2 aromatic carbocycles. The zero-order chi connectivity index (χ0) is 34.1. The number of halogens is 6. The van der Waals surface area contributed by atoms with E-state index in [0.29, 0.717) is 11.3 Å². The molecule has 5 rings (SSSR count). The minimum absolute atomic E-state index is 0.0605. The summed E-state index contributed by atoms with van der Waals surface area (Å²) in [6, 6.07) is 11.6. The highest BCUT2D eigenvalue weighted by molar-refractivity contribution is 7.89. The summed E-state index contributed by atoms with van der Waals surface area (Å²) < 4.78 is 116. The van der Waals surface area contributed by atoms with Crippen LogP contribution in [0.25, 0.3) is 32.9 Å². The van der Waals surface area contributed by atoms with Crippen LogP contribution in [0.2, 0.25) is 0 Å². The molecule has 0 atom stereocenters. The molecule has 0 saturated carbocycles. The number of nitrogens with one attached hydrogen (secondary N) is 2. The number of hydrogen-bond donors (Lipinski definition) is 3. The van der Waals surface area contributed by atoms with E-state index in [1.807, 2.05) is 4.72 Å². The first-order valence-electron chi connectivity index (χ1n) is 13.6. The summed E-state index contributed by atoms with van der Waals surface area (Å²) in [5.41, 5.74) is 0.981. The van der Waals surface area contributed by atoms with Gasteiger partial charge in [-0.2, -0.15) is 26.3 Å². The highest BCUT2D eigenvalue weighted by Gasteiger charge is 2.33. The third-order valence-electron chi connectivity index (χ3n) is 6.72. The Hall–Kier alpha value is -5.06. The number of nitrogens with zero attached hydrogens (tertiary/aromatic N) is 2. The van der Waals surface area contributed by atoms with Gasteiger partial charge in [-0.1, -0.05) is 24.3 Å². The molecule has 0 radical (unpaired) electrons. The second-order valence-corrected chi connectivity index (χ2v) is 12.1. The summed E-state index contributed by atoms with van der Waals surface area (Å²) in [5.74, 6) is -3.33. The van der Waals surface area contributed by atoms with E-state index in [4.69, 9.17) is 9.47 Å². The minimum Gasteiger partial charge on any atom is -0.504 e. The predicted octanol–water partition coefficient (Wildman–Crippen LogP) is 5.86. The number of rotatable bonds is 10. The standard InChI is InChI=1S/C30H24F6N4O6S/c1-16-11-17(13-47(43,44)40-21(41)12-18-5-2-3-9-37-18)7-8-19(16)25-22-23(28(39-25)46-15-30(34,35)36)24-20(6-4-10-38-24)27(26(22)42)45-14-29(31,32)33/h2-11,39,42H,12-15H2,1H3,(H,40,41). The molecule has 0 fully saturated rings. The Labute approximate surface area is 262 Å². The molecular weight excluding hydrogens is 658 g/mol. The molecule has 47 heavy (non-hydrogen) atoms. The van der Waals surface area contributed by atoms with Gasteiger partial charge in [0.1, 0.15) is 0 Å². The number of aromatic nitrogens is 3. The van der Waals surface area contributed by atoms with Crippen LogP contribution in [0.4, 0.5) is 26.3 Å². The van der Waals surface area contributed by atoms with Gasteiger partial charge in [0.25, 0.3) is 0 Å². The first kappa shape index (κ1) is 33.3. The molecule has 0 aliphatic carbocycles. The van der Waals surface area contributed by atoms with E-state index in [9.17, 15) is 44.7 Å². The van der Waals surface area contributed by atoms with Gasteiger partial charge in [0.15, 0.2) is 24.7 Å². The van der Waals surface area contributed by atoms with Crippen molar-refractivity contribution >= 4 is 37.6 Å². The fourth-order valence-corrected chi connectivity index (χ4v) is 6.07. The van der Waals surface area contributed by atoms with Crippen molar-refractivity contribution in [3.05, 3.63) is 77.7 Å². The molecular formula is C30H24F6N4O6S. The molecule has 5 aromatic rings. The minimum atomic E-state index is -4.79. The summed E-state index contributed by atoms with van der Waals surface area (Å²) in [6.45, 7) is -2.00. The zero-order valence-electron chi connectivity index (χ0n) is 24.2. The van der Waals surface area contributed by atoms with Crippen molar-refractivity contribution in [2.45, 2.75) is 31.5 Å². The van der Waals surface area contributed by atoms with E-state index in [-0.39, 0.29) is 44.9 Å². The van der Waals surface area contributed by atoms with Gasteiger partial charge in [0.05, 0.1) is 34.2 Å². The average Bonchev–Trinajstić information content (AvgIpc) is 3.35. The second kappa shape index (κ2) is 12.6. The number of fused-ring (bicyclic) bond motifs is 3. The molecule has 0 aliphatic rings. The van der Waals surface area contributed by atoms with Gasteiger partial charge in [-0.3, -0.25) is 19.5 Å². The van der Waals surface area contributed by atoms with Crippen molar-refractivity contribution in [1.82, 2.24) is 19.7 Å². The fourth-order valence-electron chi connectivity index (χ4n) is 4.96. The number of aromatic amines is 1. The smallest absolute Gasteiger partial charge is 0.422 e. The first-order valence-corrected chi connectivity index (χ1v) is 15.2. The number of aromatic hydroxyl groups is 1.